The van der Waals surface area contributed by atoms with Gasteiger partial charge < -0.3 is 5.32 Å². The Labute approximate surface area is 111 Å². The van der Waals surface area contributed by atoms with E-state index in [-0.39, 0.29) is 30.0 Å². The van der Waals surface area contributed by atoms with Crippen LogP contribution in [0.1, 0.15) is 26.7 Å². The van der Waals surface area contributed by atoms with Crippen LogP contribution in [0.25, 0.3) is 0 Å². The van der Waals surface area contributed by atoms with Gasteiger partial charge in [0.25, 0.3) is 5.91 Å². The van der Waals surface area contributed by atoms with Crippen molar-refractivity contribution in [2.45, 2.75) is 38.8 Å². The molecule has 2 rings (SSSR count). The Morgan fingerprint density at radius 1 is 1.42 bits per heavy atom. The van der Waals surface area contributed by atoms with E-state index in [4.69, 9.17) is 0 Å². The zero-order valence-electron chi connectivity index (χ0n) is 11.0. The van der Waals surface area contributed by atoms with Crippen molar-refractivity contribution >= 4 is 17.5 Å². The van der Waals surface area contributed by atoms with Crippen LogP contribution >= 0.6 is 0 Å². The van der Waals surface area contributed by atoms with Crippen LogP contribution in [0.3, 0.4) is 0 Å². The predicted octanol–water partition coefficient (Wildman–Crippen LogP) is 2.16. The van der Waals surface area contributed by atoms with Crippen molar-refractivity contribution in [2.75, 3.05) is 5.32 Å². The molecular weight excluding hydrogens is 247 g/mol. The Morgan fingerprint density at radius 3 is 2.74 bits per heavy atom. The van der Waals surface area contributed by atoms with Crippen LogP contribution in [0.4, 0.5) is 10.1 Å². The first-order valence-electron chi connectivity index (χ1n) is 6.41. The van der Waals surface area contributed by atoms with E-state index in [1.54, 1.807) is 18.2 Å². The van der Waals surface area contributed by atoms with Crippen LogP contribution in [0.5, 0.6) is 0 Å². The first-order chi connectivity index (χ1) is 9.04. The van der Waals surface area contributed by atoms with Gasteiger partial charge in [0.1, 0.15) is 11.9 Å². The number of carbonyl (C=O) groups excluding carboxylic acids is 2. The highest BCUT2D eigenvalue weighted by Crippen LogP contribution is 2.22. The molecule has 1 aliphatic rings. The molecule has 0 aliphatic carbocycles. The van der Waals surface area contributed by atoms with Crippen LogP contribution in [0, 0.1) is 5.82 Å². The minimum absolute atomic E-state index is 0.0809. The molecule has 1 fully saturated rings. The summed E-state index contributed by atoms with van der Waals surface area (Å²) in [5.41, 5.74) is 0.250. The molecular formula is C14H17FN2O2. The number of carbonyl (C=O) groups is 2. The predicted molar refractivity (Wildman–Crippen MR) is 70.0 cm³/mol. The van der Waals surface area contributed by atoms with E-state index in [0.29, 0.717) is 6.42 Å². The Balaban J connectivity index is 2.14. The lowest BCUT2D eigenvalue weighted by atomic mass is 10.2. The van der Waals surface area contributed by atoms with Gasteiger partial charge in [-0.25, -0.2) is 4.39 Å². The lowest BCUT2D eigenvalue weighted by molar-refractivity contribution is -0.140. The molecule has 1 aromatic rings. The zero-order valence-corrected chi connectivity index (χ0v) is 11.0. The fourth-order valence-electron chi connectivity index (χ4n) is 2.18. The number of imide groups is 1. The van der Waals surface area contributed by atoms with Crippen LogP contribution in [0.2, 0.25) is 0 Å². The summed E-state index contributed by atoms with van der Waals surface area (Å²) < 4.78 is 13.5. The van der Waals surface area contributed by atoms with Gasteiger partial charge in [0.05, 0.1) is 12.1 Å². The summed E-state index contributed by atoms with van der Waals surface area (Å²) in [6.07, 6.45) is 0.793. The molecule has 2 amide bonds. The summed E-state index contributed by atoms with van der Waals surface area (Å²) in [6, 6.07) is 5.34. The maximum atomic E-state index is 13.5. The summed E-state index contributed by atoms with van der Waals surface area (Å²) in [5, 5.41) is 2.81. The zero-order chi connectivity index (χ0) is 14.0. The number of nitrogens with one attached hydrogen (secondary N) is 1. The molecule has 0 aromatic heterocycles. The van der Waals surface area contributed by atoms with Gasteiger partial charge in [-0.05, 0) is 25.5 Å². The number of hydrogen-bond acceptors (Lipinski definition) is 3. The van der Waals surface area contributed by atoms with Crippen LogP contribution in [0.15, 0.2) is 24.3 Å². The van der Waals surface area contributed by atoms with E-state index in [2.05, 4.69) is 5.32 Å². The Kier molecular flexibility index (Phi) is 3.83. The SMILES string of the molecule is CCC(C)N1C(=O)CC(Nc2ccccc2F)C1=O. The first kappa shape index (κ1) is 13.5. The van der Waals surface area contributed by atoms with Crippen molar-refractivity contribution < 1.29 is 14.0 Å². The van der Waals surface area contributed by atoms with Gasteiger partial charge >= 0.3 is 0 Å². The van der Waals surface area contributed by atoms with Gasteiger partial charge in [0, 0.05) is 6.04 Å². The molecule has 1 saturated heterocycles. The smallest absolute Gasteiger partial charge is 0.252 e. The number of hydrogen-bond donors (Lipinski definition) is 1. The van der Waals surface area contributed by atoms with Crippen LogP contribution in [-0.2, 0) is 9.59 Å². The summed E-state index contributed by atoms with van der Waals surface area (Å²) in [6.45, 7) is 3.75. The summed E-state index contributed by atoms with van der Waals surface area (Å²) in [4.78, 5) is 25.3. The third-order valence-electron chi connectivity index (χ3n) is 3.42. The van der Waals surface area contributed by atoms with E-state index < -0.39 is 11.9 Å². The highest BCUT2D eigenvalue weighted by atomic mass is 19.1. The molecule has 2 unspecified atom stereocenters. The summed E-state index contributed by atoms with van der Waals surface area (Å²) >= 11 is 0. The monoisotopic (exact) mass is 264 g/mol. The summed E-state index contributed by atoms with van der Waals surface area (Å²) in [5.74, 6) is -0.902. The average Bonchev–Trinajstić information content (AvgIpc) is 2.66. The van der Waals surface area contributed by atoms with Crippen molar-refractivity contribution in [3.8, 4) is 0 Å². The van der Waals surface area contributed by atoms with E-state index in [1.807, 2.05) is 13.8 Å². The van der Waals surface area contributed by atoms with Crippen LogP contribution < -0.4 is 5.32 Å². The highest BCUT2D eigenvalue weighted by molar-refractivity contribution is 6.07. The van der Waals surface area contributed by atoms with Crippen molar-refractivity contribution in [2.24, 2.45) is 0 Å². The third kappa shape index (κ3) is 2.59. The molecule has 4 nitrogen and oxygen atoms in total. The van der Waals surface area contributed by atoms with E-state index >= 15 is 0 Å². The second-order valence-corrected chi connectivity index (χ2v) is 4.74. The molecule has 0 saturated carbocycles. The van der Waals surface area contributed by atoms with Gasteiger partial charge in [0.15, 0.2) is 0 Å². The second-order valence-electron chi connectivity index (χ2n) is 4.74. The number of likely N-dealkylation sites (tertiary alicyclic amines) is 1. The lowest BCUT2D eigenvalue weighted by Gasteiger charge is -2.21. The Bertz CT molecular complexity index is 504. The highest BCUT2D eigenvalue weighted by Gasteiger charge is 2.40. The second kappa shape index (κ2) is 5.38. The fourth-order valence-corrected chi connectivity index (χ4v) is 2.18. The molecule has 0 radical (unpaired) electrons. The number of halogens is 1. The largest absolute Gasteiger partial charge is 0.371 e. The van der Waals surface area contributed by atoms with E-state index in [0.717, 1.165) is 0 Å². The van der Waals surface area contributed by atoms with Gasteiger partial charge in [-0.15, -0.1) is 0 Å². The quantitative estimate of drug-likeness (QED) is 0.848. The Morgan fingerprint density at radius 2 is 2.11 bits per heavy atom. The molecule has 1 aromatic carbocycles. The number of rotatable bonds is 4. The Hall–Kier alpha value is -1.91. The van der Waals surface area contributed by atoms with Crippen molar-refractivity contribution in [1.29, 1.82) is 0 Å². The van der Waals surface area contributed by atoms with Gasteiger partial charge in [0.2, 0.25) is 5.91 Å². The maximum absolute atomic E-state index is 13.5. The van der Waals surface area contributed by atoms with Crippen molar-refractivity contribution in [3.63, 3.8) is 0 Å². The minimum Gasteiger partial charge on any atom is -0.371 e. The van der Waals surface area contributed by atoms with Crippen molar-refractivity contribution in [3.05, 3.63) is 30.1 Å². The number of amides is 2. The maximum Gasteiger partial charge on any atom is 0.252 e. The third-order valence-corrected chi connectivity index (χ3v) is 3.42. The minimum atomic E-state index is -0.668. The number of nitrogens with zero attached hydrogens (tertiary/aromatic N) is 1. The average molecular weight is 264 g/mol. The molecule has 0 bridgehead atoms. The molecule has 0 spiro atoms. The fraction of sp³-hybridized carbons (Fsp3) is 0.429. The first-order valence-corrected chi connectivity index (χ1v) is 6.41. The van der Waals surface area contributed by atoms with Gasteiger partial charge in [-0.1, -0.05) is 19.1 Å². The molecule has 1 heterocycles. The number of benzene rings is 1. The molecule has 1 N–H and O–H groups in total. The molecule has 2 atom stereocenters. The van der Waals surface area contributed by atoms with E-state index in [9.17, 15) is 14.0 Å². The number of para-hydroxylation sites is 1. The normalized spacial score (nSPS) is 20.8. The van der Waals surface area contributed by atoms with E-state index in [1.165, 1.54) is 11.0 Å². The summed E-state index contributed by atoms with van der Waals surface area (Å²) in [7, 11) is 0. The van der Waals surface area contributed by atoms with Crippen LogP contribution in [-0.4, -0.2) is 28.8 Å². The van der Waals surface area contributed by atoms with Gasteiger partial charge in [-0.2, -0.15) is 0 Å². The topological polar surface area (TPSA) is 49.4 Å². The molecule has 5 heteroatoms. The molecule has 102 valence electrons. The number of anilines is 1. The molecule has 19 heavy (non-hydrogen) atoms. The van der Waals surface area contributed by atoms with Gasteiger partial charge in [-0.3, -0.25) is 14.5 Å². The lowest BCUT2D eigenvalue weighted by Crippen LogP contribution is -2.40. The van der Waals surface area contributed by atoms with Crippen molar-refractivity contribution in [1.82, 2.24) is 4.90 Å². The molecule has 1 aliphatic heterocycles. The standard InChI is InChI=1S/C14H17FN2O2/c1-3-9(2)17-13(18)8-12(14(17)19)16-11-7-5-4-6-10(11)15/h4-7,9,12,16H,3,8H2,1-2H3.